The van der Waals surface area contributed by atoms with Crippen molar-refractivity contribution >= 4 is 27.3 Å². The van der Waals surface area contributed by atoms with Crippen LogP contribution in [0.2, 0.25) is 0 Å². The Hall–Kier alpha value is -2.21. The number of thiophene rings is 1. The predicted octanol–water partition coefficient (Wildman–Crippen LogP) is 3.53. The van der Waals surface area contributed by atoms with Crippen LogP contribution in [0.3, 0.4) is 0 Å². The average molecular weight is 432 g/mol. The van der Waals surface area contributed by atoms with Gasteiger partial charge in [0.25, 0.3) is 0 Å². The van der Waals surface area contributed by atoms with E-state index in [9.17, 15) is 18.5 Å². The summed E-state index contributed by atoms with van der Waals surface area (Å²) in [6.45, 7) is 4.69. The van der Waals surface area contributed by atoms with E-state index in [1.54, 1.807) is 23.5 Å². The van der Waals surface area contributed by atoms with Gasteiger partial charge in [0.15, 0.2) is 0 Å². The van der Waals surface area contributed by atoms with Gasteiger partial charge in [-0.3, -0.25) is 4.79 Å². The van der Waals surface area contributed by atoms with Crippen LogP contribution >= 0.6 is 11.3 Å². The lowest BCUT2D eigenvalue weighted by atomic mass is 9.95. The molecule has 1 atom stereocenters. The molecule has 1 N–H and O–H groups in total. The molecule has 0 saturated carbocycles. The number of nitrogens with one attached hydrogen (secondary N) is 1. The lowest BCUT2D eigenvalue weighted by Crippen LogP contribution is -2.44. The number of hydrogen-bond donors (Lipinski definition) is 1. The number of amides is 1. The molecular formula is C21H25N3O3S2. The standard InChI is InChI=1S/C21H25N3O3S2/c1-15(2)20(18-7-5-13-28-18)23-21(25)16-9-11-24(12-10-16)29(26,27)19-8-4-3-6-17(19)14-22/h3-8,13,15-16,20H,9-12H2,1-2H3,(H,23,25). The number of rotatable bonds is 6. The van der Waals surface area contributed by atoms with E-state index >= 15 is 0 Å². The second-order valence-corrected chi connectivity index (χ2v) is 10.4. The van der Waals surface area contributed by atoms with Crippen molar-refractivity contribution in [2.75, 3.05) is 13.1 Å². The molecule has 3 rings (SSSR count). The second kappa shape index (κ2) is 9.08. The first-order valence-electron chi connectivity index (χ1n) is 9.67. The van der Waals surface area contributed by atoms with E-state index in [-0.39, 0.29) is 47.3 Å². The van der Waals surface area contributed by atoms with Crippen LogP contribution in [0.25, 0.3) is 0 Å². The van der Waals surface area contributed by atoms with Gasteiger partial charge in [-0.1, -0.05) is 32.0 Å². The molecule has 1 aliphatic heterocycles. The van der Waals surface area contributed by atoms with E-state index in [1.165, 1.54) is 16.4 Å². The Bertz CT molecular complexity index is 986. The third-order valence-electron chi connectivity index (χ3n) is 5.26. The second-order valence-electron chi connectivity index (χ2n) is 7.53. The van der Waals surface area contributed by atoms with Crippen LogP contribution in [0, 0.1) is 23.2 Å². The highest BCUT2D eigenvalue weighted by molar-refractivity contribution is 7.89. The third kappa shape index (κ3) is 4.69. The van der Waals surface area contributed by atoms with Crippen molar-refractivity contribution in [3.63, 3.8) is 0 Å². The molecule has 8 heteroatoms. The number of sulfonamides is 1. The first kappa shape index (κ1) is 21.5. The molecule has 1 aromatic heterocycles. The molecule has 1 aliphatic rings. The summed E-state index contributed by atoms with van der Waals surface area (Å²) in [7, 11) is -3.75. The first-order valence-corrected chi connectivity index (χ1v) is 12.0. The molecule has 1 unspecified atom stereocenters. The van der Waals surface area contributed by atoms with Crippen molar-refractivity contribution in [3.8, 4) is 6.07 Å². The number of carbonyl (C=O) groups is 1. The fourth-order valence-electron chi connectivity index (χ4n) is 3.59. The van der Waals surface area contributed by atoms with Crippen LogP contribution in [-0.4, -0.2) is 31.7 Å². The summed E-state index contributed by atoms with van der Waals surface area (Å²) in [6, 6.07) is 12.1. The van der Waals surface area contributed by atoms with Crippen molar-refractivity contribution in [3.05, 3.63) is 52.2 Å². The third-order valence-corrected chi connectivity index (χ3v) is 8.18. The molecule has 1 fully saturated rings. The maximum absolute atomic E-state index is 12.9. The van der Waals surface area contributed by atoms with E-state index in [0.29, 0.717) is 12.8 Å². The van der Waals surface area contributed by atoms with Crippen molar-refractivity contribution < 1.29 is 13.2 Å². The molecule has 1 amide bonds. The topological polar surface area (TPSA) is 90.3 Å². The molecular weight excluding hydrogens is 406 g/mol. The molecule has 1 aromatic carbocycles. The molecule has 0 aliphatic carbocycles. The van der Waals surface area contributed by atoms with Crippen LogP contribution in [0.15, 0.2) is 46.7 Å². The van der Waals surface area contributed by atoms with Crippen LogP contribution < -0.4 is 5.32 Å². The smallest absolute Gasteiger partial charge is 0.244 e. The first-order chi connectivity index (χ1) is 13.8. The van der Waals surface area contributed by atoms with Gasteiger partial charge in [-0.2, -0.15) is 9.57 Å². The quantitative estimate of drug-likeness (QED) is 0.757. The molecule has 0 spiro atoms. The molecule has 1 saturated heterocycles. The van der Waals surface area contributed by atoms with E-state index in [1.807, 2.05) is 23.6 Å². The van der Waals surface area contributed by atoms with Gasteiger partial charge in [-0.25, -0.2) is 8.42 Å². The zero-order chi connectivity index (χ0) is 21.0. The SMILES string of the molecule is CC(C)C(NC(=O)C1CCN(S(=O)(=O)c2ccccc2C#N)CC1)c1cccs1. The Labute approximate surface area is 176 Å². The molecule has 0 bridgehead atoms. The summed E-state index contributed by atoms with van der Waals surface area (Å²) >= 11 is 1.62. The Kier molecular flexibility index (Phi) is 6.73. The van der Waals surface area contributed by atoms with Crippen molar-refractivity contribution in [2.24, 2.45) is 11.8 Å². The van der Waals surface area contributed by atoms with Gasteiger partial charge >= 0.3 is 0 Å². The highest BCUT2D eigenvalue weighted by atomic mass is 32.2. The van der Waals surface area contributed by atoms with Crippen LogP contribution in [0.5, 0.6) is 0 Å². The summed E-state index contributed by atoms with van der Waals surface area (Å²) in [6.07, 6.45) is 0.935. The minimum Gasteiger partial charge on any atom is -0.348 e. The summed E-state index contributed by atoms with van der Waals surface area (Å²) in [5, 5.41) is 14.4. The average Bonchev–Trinajstić information content (AvgIpc) is 3.26. The Morgan fingerprint density at radius 1 is 1.21 bits per heavy atom. The van der Waals surface area contributed by atoms with Gasteiger partial charge in [0, 0.05) is 23.9 Å². The Morgan fingerprint density at radius 3 is 2.48 bits per heavy atom. The summed E-state index contributed by atoms with van der Waals surface area (Å²) in [4.78, 5) is 14.0. The molecule has 6 nitrogen and oxygen atoms in total. The van der Waals surface area contributed by atoms with Gasteiger partial charge in [0.2, 0.25) is 15.9 Å². The fourth-order valence-corrected chi connectivity index (χ4v) is 6.15. The van der Waals surface area contributed by atoms with Crippen molar-refractivity contribution in [1.29, 1.82) is 5.26 Å². The maximum atomic E-state index is 12.9. The molecule has 2 heterocycles. The highest BCUT2D eigenvalue weighted by Crippen LogP contribution is 2.29. The number of nitrogens with zero attached hydrogens (tertiary/aromatic N) is 2. The van der Waals surface area contributed by atoms with E-state index in [2.05, 4.69) is 19.2 Å². The molecule has 154 valence electrons. The Morgan fingerprint density at radius 2 is 1.90 bits per heavy atom. The largest absolute Gasteiger partial charge is 0.348 e. The van der Waals surface area contributed by atoms with Gasteiger partial charge in [-0.05, 0) is 42.3 Å². The van der Waals surface area contributed by atoms with Gasteiger partial charge in [0.05, 0.1) is 16.5 Å². The van der Waals surface area contributed by atoms with Gasteiger partial charge in [-0.15, -0.1) is 11.3 Å². The summed E-state index contributed by atoms with van der Waals surface area (Å²) < 4.78 is 27.3. The van der Waals surface area contributed by atoms with Crippen LogP contribution in [0.4, 0.5) is 0 Å². The number of nitriles is 1. The maximum Gasteiger partial charge on any atom is 0.244 e. The number of hydrogen-bond acceptors (Lipinski definition) is 5. The van der Waals surface area contributed by atoms with E-state index in [4.69, 9.17) is 0 Å². The lowest BCUT2D eigenvalue weighted by molar-refractivity contribution is -0.127. The minimum absolute atomic E-state index is 0.0217. The normalized spacial score (nSPS) is 17.0. The van der Waals surface area contributed by atoms with E-state index in [0.717, 1.165) is 4.88 Å². The summed E-state index contributed by atoms with van der Waals surface area (Å²) in [5.74, 6) is 0.0287. The summed E-state index contributed by atoms with van der Waals surface area (Å²) in [5.41, 5.74) is 0.142. The lowest BCUT2D eigenvalue weighted by Gasteiger charge is -2.32. The zero-order valence-electron chi connectivity index (χ0n) is 16.5. The number of carbonyl (C=O) groups excluding carboxylic acids is 1. The number of piperidine rings is 1. The molecule has 0 radical (unpaired) electrons. The van der Waals surface area contributed by atoms with Crippen LogP contribution in [-0.2, 0) is 14.8 Å². The highest BCUT2D eigenvalue weighted by Gasteiger charge is 2.34. The van der Waals surface area contributed by atoms with Crippen molar-refractivity contribution in [2.45, 2.75) is 37.6 Å². The van der Waals surface area contributed by atoms with Gasteiger partial charge in [0.1, 0.15) is 6.07 Å². The fraction of sp³-hybridized carbons (Fsp3) is 0.429. The predicted molar refractivity (Wildman–Crippen MR) is 113 cm³/mol. The monoisotopic (exact) mass is 431 g/mol. The Balaban J connectivity index is 1.65. The van der Waals surface area contributed by atoms with Crippen LogP contribution in [0.1, 0.15) is 43.2 Å². The minimum atomic E-state index is -3.75. The number of benzene rings is 1. The molecule has 29 heavy (non-hydrogen) atoms. The van der Waals surface area contributed by atoms with E-state index < -0.39 is 10.0 Å². The van der Waals surface area contributed by atoms with Gasteiger partial charge < -0.3 is 5.32 Å². The zero-order valence-corrected chi connectivity index (χ0v) is 18.2. The molecule has 2 aromatic rings. The van der Waals surface area contributed by atoms with Crippen molar-refractivity contribution in [1.82, 2.24) is 9.62 Å².